The molecule has 82 valence electrons. The summed E-state index contributed by atoms with van der Waals surface area (Å²) >= 11 is 3.61. The average molecular weight is 270 g/mol. The van der Waals surface area contributed by atoms with Gasteiger partial charge in [-0.05, 0) is 55.0 Å². The maximum absolute atomic E-state index is 5.67. The number of halogens is 1. The van der Waals surface area contributed by atoms with E-state index in [1.165, 1.54) is 22.9 Å². The molecule has 0 aliphatic heterocycles. The van der Waals surface area contributed by atoms with Crippen molar-refractivity contribution in [3.8, 4) is 5.75 Å². The van der Waals surface area contributed by atoms with E-state index in [2.05, 4.69) is 28.1 Å². The van der Waals surface area contributed by atoms with Crippen LogP contribution in [0.2, 0.25) is 0 Å². The summed E-state index contributed by atoms with van der Waals surface area (Å²) in [4.78, 5) is 0. The van der Waals surface area contributed by atoms with E-state index in [9.17, 15) is 0 Å². The van der Waals surface area contributed by atoms with Gasteiger partial charge in [-0.2, -0.15) is 0 Å². The van der Waals surface area contributed by atoms with Gasteiger partial charge in [0.15, 0.2) is 0 Å². The van der Waals surface area contributed by atoms with Crippen LogP contribution in [0.15, 0.2) is 22.7 Å². The van der Waals surface area contributed by atoms with Crippen molar-refractivity contribution in [2.24, 2.45) is 5.73 Å². The van der Waals surface area contributed by atoms with Crippen LogP contribution in [0.25, 0.3) is 0 Å². The van der Waals surface area contributed by atoms with Crippen LogP contribution >= 0.6 is 15.9 Å². The fourth-order valence-corrected chi connectivity index (χ4v) is 2.79. The molecule has 2 nitrogen and oxygen atoms in total. The fourth-order valence-electron chi connectivity index (χ4n) is 2.12. The Kier molecular flexibility index (Phi) is 3.03. The molecule has 1 fully saturated rings. The zero-order chi connectivity index (χ0) is 10.9. The standard InChI is InChI=1S/C12H16BrNO/c1-15-9-2-3-11(13)10(8-9)12(4-5-12)6-7-14/h2-3,8H,4-7,14H2,1H3. The summed E-state index contributed by atoms with van der Waals surface area (Å²) < 4.78 is 6.43. The van der Waals surface area contributed by atoms with Crippen molar-refractivity contribution in [2.45, 2.75) is 24.7 Å². The van der Waals surface area contributed by atoms with Gasteiger partial charge >= 0.3 is 0 Å². The van der Waals surface area contributed by atoms with Gasteiger partial charge in [-0.3, -0.25) is 0 Å². The molecule has 3 heteroatoms. The van der Waals surface area contributed by atoms with E-state index in [1.54, 1.807) is 7.11 Å². The minimum Gasteiger partial charge on any atom is -0.497 e. The van der Waals surface area contributed by atoms with Gasteiger partial charge in [0, 0.05) is 4.47 Å². The van der Waals surface area contributed by atoms with E-state index >= 15 is 0 Å². The first-order valence-corrected chi connectivity index (χ1v) is 6.05. The molecule has 1 aliphatic carbocycles. The maximum atomic E-state index is 5.67. The Hall–Kier alpha value is -0.540. The monoisotopic (exact) mass is 269 g/mol. The summed E-state index contributed by atoms with van der Waals surface area (Å²) in [5, 5.41) is 0. The number of hydrogen-bond acceptors (Lipinski definition) is 2. The summed E-state index contributed by atoms with van der Waals surface area (Å²) in [6, 6.07) is 6.17. The van der Waals surface area contributed by atoms with E-state index < -0.39 is 0 Å². The average Bonchev–Trinajstić information content (AvgIpc) is 3.00. The molecule has 0 amide bonds. The molecule has 1 aromatic carbocycles. The highest BCUT2D eigenvalue weighted by Crippen LogP contribution is 2.53. The van der Waals surface area contributed by atoms with Crippen LogP contribution in [-0.4, -0.2) is 13.7 Å². The Labute approximate surface area is 98.9 Å². The molecular formula is C12H16BrNO. The first-order valence-electron chi connectivity index (χ1n) is 5.26. The molecule has 0 atom stereocenters. The first kappa shape index (κ1) is 11.0. The third-order valence-corrected chi connectivity index (χ3v) is 3.91. The third-order valence-electron chi connectivity index (χ3n) is 3.22. The third kappa shape index (κ3) is 2.04. The van der Waals surface area contributed by atoms with E-state index in [0.29, 0.717) is 5.41 Å². The van der Waals surface area contributed by atoms with Crippen molar-refractivity contribution in [2.75, 3.05) is 13.7 Å². The topological polar surface area (TPSA) is 35.2 Å². The Morgan fingerprint density at radius 2 is 2.20 bits per heavy atom. The smallest absolute Gasteiger partial charge is 0.119 e. The molecule has 0 saturated heterocycles. The summed E-state index contributed by atoms with van der Waals surface area (Å²) in [6.07, 6.45) is 3.56. The number of rotatable bonds is 4. The van der Waals surface area contributed by atoms with Crippen molar-refractivity contribution < 1.29 is 4.74 Å². The molecule has 0 aromatic heterocycles. The predicted molar refractivity (Wildman–Crippen MR) is 65.3 cm³/mol. The molecule has 1 aromatic rings. The van der Waals surface area contributed by atoms with E-state index in [4.69, 9.17) is 10.5 Å². The molecule has 2 N–H and O–H groups in total. The van der Waals surface area contributed by atoms with Gasteiger partial charge in [0.2, 0.25) is 0 Å². The summed E-state index contributed by atoms with van der Waals surface area (Å²) in [6.45, 7) is 0.754. The minimum absolute atomic E-state index is 0.322. The van der Waals surface area contributed by atoms with Crippen LogP contribution in [0.5, 0.6) is 5.75 Å². The fraction of sp³-hybridized carbons (Fsp3) is 0.500. The number of ether oxygens (including phenoxy) is 1. The molecular weight excluding hydrogens is 254 g/mol. The van der Waals surface area contributed by atoms with Crippen LogP contribution in [0.1, 0.15) is 24.8 Å². The van der Waals surface area contributed by atoms with Crippen LogP contribution in [-0.2, 0) is 5.41 Å². The Morgan fingerprint density at radius 1 is 1.47 bits per heavy atom. The van der Waals surface area contributed by atoms with E-state index in [0.717, 1.165) is 18.7 Å². The van der Waals surface area contributed by atoms with Crippen LogP contribution < -0.4 is 10.5 Å². The molecule has 0 bridgehead atoms. The zero-order valence-electron chi connectivity index (χ0n) is 8.92. The molecule has 2 rings (SSSR count). The lowest BCUT2D eigenvalue weighted by Gasteiger charge is -2.17. The number of benzene rings is 1. The zero-order valence-corrected chi connectivity index (χ0v) is 10.5. The largest absolute Gasteiger partial charge is 0.497 e. The van der Waals surface area contributed by atoms with Gasteiger partial charge in [-0.25, -0.2) is 0 Å². The molecule has 0 spiro atoms. The SMILES string of the molecule is COc1ccc(Br)c(C2(CCN)CC2)c1. The van der Waals surface area contributed by atoms with Gasteiger partial charge in [-0.15, -0.1) is 0 Å². The number of hydrogen-bond donors (Lipinski definition) is 1. The highest BCUT2D eigenvalue weighted by atomic mass is 79.9. The second kappa shape index (κ2) is 4.14. The van der Waals surface area contributed by atoms with E-state index in [1.807, 2.05) is 6.07 Å². The van der Waals surface area contributed by atoms with Crippen molar-refractivity contribution in [1.82, 2.24) is 0 Å². The molecule has 0 unspecified atom stereocenters. The first-order chi connectivity index (χ1) is 7.22. The lowest BCUT2D eigenvalue weighted by molar-refractivity contribution is 0.413. The van der Waals surface area contributed by atoms with Crippen LogP contribution in [0, 0.1) is 0 Å². The van der Waals surface area contributed by atoms with Crippen molar-refractivity contribution in [3.63, 3.8) is 0 Å². The molecule has 0 heterocycles. The number of methoxy groups -OCH3 is 1. The van der Waals surface area contributed by atoms with Gasteiger partial charge in [0.25, 0.3) is 0 Å². The summed E-state index contributed by atoms with van der Waals surface area (Å²) in [5.74, 6) is 0.927. The molecule has 1 saturated carbocycles. The normalized spacial score (nSPS) is 17.5. The van der Waals surface area contributed by atoms with Crippen molar-refractivity contribution in [3.05, 3.63) is 28.2 Å². The summed E-state index contributed by atoms with van der Waals surface area (Å²) in [5.41, 5.74) is 7.34. The van der Waals surface area contributed by atoms with Gasteiger partial charge in [0.05, 0.1) is 7.11 Å². The summed E-state index contributed by atoms with van der Waals surface area (Å²) in [7, 11) is 1.70. The van der Waals surface area contributed by atoms with Gasteiger partial charge in [0.1, 0.15) is 5.75 Å². The molecule has 15 heavy (non-hydrogen) atoms. The lowest BCUT2D eigenvalue weighted by atomic mass is 9.92. The Balaban J connectivity index is 2.34. The predicted octanol–water partition coefficient (Wildman–Crippen LogP) is 2.84. The number of nitrogens with two attached hydrogens (primary N) is 1. The second-order valence-corrected chi connectivity index (χ2v) is 5.02. The van der Waals surface area contributed by atoms with Gasteiger partial charge in [-0.1, -0.05) is 15.9 Å². The quantitative estimate of drug-likeness (QED) is 0.913. The maximum Gasteiger partial charge on any atom is 0.119 e. The molecule has 1 aliphatic rings. The van der Waals surface area contributed by atoms with Crippen molar-refractivity contribution in [1.29, 1.82) is 0 Å². The highest BCUT2D eigenvalue weighted by Gasteiger charge is 2.44. The second-order valence-electron chi connectivity index (χ2n) is 4.16. The van der Waals surface area contributed by atoms with Crippen LogP contribution in [0.4, 0.5) is 0 Å². The van der Waals surface area contributed by atoms with Gasteiger partial charge < -0.3 is 10.5 Å². The van der Waals surface area contributed by atoms with Crippen LogP contribution in [0.3, 0.4) is 0 Å². The highest BCUT2D eigenvalue weighted by molar-refractivity contribution is 9.10. The van der Waals surface area contributed by atoms with E-state index in [-0.39, 0.29) is 0 Å². The minimum atomic E-state index is 0.322. The molecule has 0 radical (unpaired) electrons. The lowest BCUT2D eigenvalue weighted by Crippen LogP contribution is -2.14. The Bertz CT molecular complexity index is 361. The van der Waals surface area contributed by atoms with Crippen molar-refractivity contribution >= 4 is 15.9 Å². The Morgan fingerprint density at radius 3 is 2.73 bits per heavy atom.